The number of hydrogen-bond donors (Lipinski definition) is 2. The molecule has 0 amide bonds. The minimum atomic E-state index is 0.628. The predicted octanol–water partition coefficient (Wildman–Crippen LogP) is 0.832. The Kier molecular flexibility index (Phi) is 2.34. The first kappa shape index (κ1) is 8.73. The Bertz CT molecular complexity index is 307. The number of nitrogens with two attached hydrogens (primary N) is 1. The van der Waals surface area contributed by atoms with E-state index in [9.17, 15) is 0 Å². The maximum atomic E-state index is 5.60. The first-order valence-corrected chi connectivity index (χ1v) is 4.81. The van der Waals surface area contributed by atoms with Gasteiger partial charge in [0.05, 0.1) is 0 Å². The highest BCUT2D eigenvalue weighted by molar-refractivity contribution is 5.37. The molecule has 3 N–H and O–H groups in total. The molecule has 0 fully saturated rings. The maximum absolute atomic E-state index is 5.60. The molecule has 0 saturated carbocycles. The summed E-state index contributed by atoms with van der Waals surface area (Å²) < 4.78 is 0. The summed E-state index contributed by atoms with van der Waals surface area (Å²) in [5.74, 6) is 0. The Hall–Kier alpha value is -0.860. The van der Waals surface area contributed by atoms with Gasteiger partial charge in [0.2, 0.25) is 0 Å². The second-order valence-corrected chi connectivity index (χ2v) is 3.70. The van der Waals surface area contributed by atoms with Crippen molar-refractivity contribution in [3.8, 4) is 0 Å². The van der Waals surface area contributed by atoms with Crippen LogP contribution in [0.5, 0.6) is 0 Å². The molecule has 0 aliphatic heterocycles. The Morgan fingerprint density at radius 1 is 1.38 bits per heavy atom. The van der Waals surface area contributed by atoms with E-state index >= 15 is 0 Å². The van der Waals surface area contributed by atoms with Crippen LogP contribution in [0, 0.1) is 0 Å². The van der Waals surface area contributed by atoms with Crippen molar-refractivity contribution in [2.24, 2.45) is 5.73 Å². The molecule has 0 saturated heterocycles. The van der Waals surface area contributed by atoms with Gasteiger partial charge in [-0.1, -0.05) is 18.2 Å². The minimum Gasteiger partial charge on any atom is -0.326 e. The van der Waals surface area contributed by atoms with Gasteiger partial charge in [-0.25, -0.2) is 0 Å². The van der Waals surface area contributed by atoms with Gasteiger partial charge in [0.25, 0.3) is 0 Å². The SMILES string of the molecule is CNC1Cc2ccc(CN)cc2C1. The Morgan fingerprint density at radius 3 is 2.85 bits per heavy atom. The van der Waals surface area contributed by atoms with Crippen LogP contribution >= 0.6 is 0 Å². The lowest BCUT2D eigenvalue weighted by Crippen LogP contribution is -2.24. The van der Waals surface area contributed by atoms with Gasteiger partial charge in [0, 0.05) is 12.6 Å². The molecule has 1 aliphatic rings. The number of rotatable bonds is 2. The van der Waals surface area contributed by atoms with Gasteiger partial charge in [-0.2, -0.15) is 0 Å². The normalized spacial score (nSPS) is 20.3. The zero-order valence-corrected chi connectivity index (χ0v) is 8.01. The molecule has 2 heteroatoms. The van der Waals surface area contributed by atoms with E-state index in [0.717, 1.165) is 12.8 Å². The van der Waals surface area contributed by atoms with Gasteiger partial charge < -0.3 is 11.1 Å². The van der Waals surface area contributed by atoms with Gasteiger partial charge in [0.1, 0.15) is 0 Å². The smallest absolute Gasteiger partial charge is 0.0178 e. The summed E-state index contributed by atoms with van der Waals surface area (Å²) in [6.45, 7) is 0.650. The lowest BCUT2D eigenvalue weighted by atomic mass is 10.1. The molecule has 1 unspecified atom stereocenters. The van der Waals surface area contributed by atoms with Crippen LogP contribution in [-0.2, 0) is 19.4 Å². The van der Waals surface area contributed by atoms with Gasteiger partial charge in [-0.05, 0) is 36.6 Å². The fourth-order valence-corrected chi connectivity index (χ4v) is 2.00. The highest BCUT2D eigenvalue weighted by Gasteiger charge is 2.19. The third-order valence-corrected chi connectivity index (χ3v) is 2.85. The standard InChI is InChI=1S/C11H16N2/c1-13-11-5-9-3-2-8(7-12)4-10(9)6-11/h2-4,11,13H,5-7,12H2,1H3. The summed E-state index contributed by atoms with van der Waals surface area (Å²) in [6, 6.07) is 7.22. The Balaban J connectivity index is 2.25. The fourth-order valence-electron chi connectivity index (χ4n) is 2.00. The van der Waals surface area contributed by atoms with E-state index in [-0.39, 0.29) is 0 Å². The van der Waals surface area contributed by atoms with Crippen LogP contribution in [0.1, 0.15) is 16.7 Å². The quantitative estimate of drug-likeness (QED) is 0.700. The van der Waals surface area contributed by atoms with Crippen LogP contribution in [0.15, 0.2) is 18.2 Å². The molecule has 0 heterocycles. The van der Waals surface area contributed by atoms with Crippen molar-refractivity contribution in [1.29, 1.82) is 0 Å². The van der Waals surface area contributed by atoms with Crippen LogP contribution in [-0.4, -0.2) is 13.1 Å². The summed E-state index contributed by atoms with van der Waals surface area (Å²) in [6.07, 6.45) is 2.32. The lowest BCUT2D eigenvalue weighted by molar-refractivity contribution is 0.593. The molecule has 1 aromatic carbocycles. The van der Waals surface area contributed by atoms with Crippen molar-refractivity contribution in [1.82, 2.24) is 5.32 Å². The van der Waals surface area contributed by atoms with E-state index in [1.165, 1.54) is 16.7 Å². The van der Waals surface area contributed by atoms with Crippen molar-refractivity contribution in [2.45, 2.75) is 25.4 Å². The summed E-state index contributed by atoms with van der Waals surface area (Å²) >= 11 is 0. The van der Waals surface area contributed by atoms with Gasteiger partial charge >= 0.3 is 0 Å². The van der Waals surface area contributed by atoms with Crippen LogP contribution < -0.4 is 11.1 Å². The van der Waals surface area contributed by atoms with E-state index in [1.54, 1.807) is 0 Å². The highest BCUT2D eigenvalue weighted by atomic mass is 14.9. The van der Waals surface area contributed by atoms with E-state index in [4.69, 9.17) is 5.73 Å². The molecule has 1 aromatic rings. The Labute approximate surface area is 79.1 Å². The van der Waals surface area contributed by atoms with Gasteiger partial charge in [-0.3, -0.25) is 0 Å². The molecule has 0 radical (unpaired) electrons. The third-order valence-electron chi connectivity index (χ3n) is 2.85. The minimum absolute atomic E-state index is 0.628. The molecule has 0 bridgehead atoms. The molecule has 1 atom stereocenters. The summed E-state index contributed by atoms with van der Waals surface area (Å²) in [7, 11) is 2.03. The van der Waals surface area contributed by atoms with Crippen molar-refractivity contribution >= 4 is 0 Å². The topological polar surface area (TPSA) is 38.0 Å². The highest BCUT2D eigenvalue weighted by Crippen LogP contribution is 2.22. The number of benzene rings is 1. The molecular weight excluding hydrogens is 160 g/mol. The van der Waals surface area contributed by atoms with Crippen molar-refractivity contribution in [3.05, 3.63) is 34.9 Å². The fraction of sp³-hybridized carbons (Fsp3) is 0.455. The first-order valence-electron chi connectivity index (χ1n) is 4.81. The van der Waals surface area contributed by atoms with E-state index in [2.05, 4.69) is 23.5 Å². The molecule has 70 valence electrons. The third kappa shape index (κ3) is 1.60. The first-order chi connectivity index (χ1) is 6.33. The Morgan fingerprint density at radius 2 is 2.15 bits per heavy atom. The number of hydrogen-bond acceptors (Lipinski definition) is 2. The molecule has 0 spiro atoms. The zero-order valence-electron chi connectivity index (χ0n) is 8.01. The maximum Gasteiger partial charge on any atom is 0.0178 e. The predicted molar refractivity (Wildman–Crippen MR) is 54.6 cm³/mol. The van der Waals surface area contributed by atoms with Crippen LogP contribution in [0.4, 0.5) is 0 Å². The average Bonchev–Trinajstić information content (AvgIpc) is 2.58. The van der Waals surface area contributed by atoms with Crippen LogP contribution in [0.2, 0.25) is 0 Å². The van der Waals surface area contributed by atoms with E-state index in [0.29, 0.717) is 12.6 Å². The monoisotopic (exact) mass is 176 g/mol. The summed E-state index contributed by atoms with van der Waals surface area (Å²) in [4.78, 5) is 0. The summed E-state index contributed by atoms with van der Waals surface area (Å²) in [5, 5.41) is 3.32. The average molecular weight is 176 g/mol. The molecule has 1 aliphatic carbocycles. The van der Waals surface area contributed by atoms with Gasteiger partial charge in [-0.15, -0.1) is 0 Å². The molecule has 2 nitrogen and oxygen atoms in total. The van der Waals surface area contributed by atoms with E-state index in [1.807, 2.05) is 7.05 Å². The molecular formula is C11H16N2. The van der Waals surface area contributed by atoms with Crippen molar-refractivity contribution < 1.29 is 0 Å². The van der Waals surface area contributed by atoms with Crippen LogP contribution in [0.25, 0.3) is 0 Å². The summed E-state index contributed by atoms with van der Waals surface area (Å²) in [5.41, 5.74) is 9.80. The van der Waals surface area contributed by atoms with Crippen molar-refractivity contribution in [3.63, 3.8) is 0 Å². The second-order valence-electron chi connectivity index (χ2n) is 3.70. The zero-order chi connectivity index (χ0) is 9.26. The van der Waals surface area contributed by atoms with Crippen molar-refractivity contribution in [2.75, 3.05) is 7.05 Å². The number of likely N-dealkylation sites (N-methyl/N-ethyl adjacent to an activating group) is 1. The second kappa shape index (κ2) is 3.48. The molecule has 2 rings (SSSR count). The van der Waals surface area contributed by atoms with Gasteiger partial charge in [0.15, 0.2) is 0 Å². The molecule has 13 heavy (non-hydrogen) atoms. The van der Waals surface area contributed by atoms with Crippen LogP contribution in [0.3, 0.4) is 0 Å². The lowest BCUT2D eigenvalue weighted by Gasteiger charge is -2.04. The largest absolute Gasteiger partial charge is 0.326 e. The number of nitrogens with one attached hydrogen (secondary N) is 1. The number of fused-ring (bicyclic) bond motifs is 1. The molecule has 0 aromatic heterocycles. The van der Waals surface area contributed by atoms with E-state index < -0.39 is 0 Å².